The van der Waals surface area contributed by atoms with E-state index in [-0.39, 0.29) is 6.61 Å². The maximum Gasteiger partial charge on any atom is 0.136 e. The molecule has 0 saturated heterocycles. The van der Waals surface area contributed by atoms with E-state index < -0.39 is 17.0 Å². The zero-order chi connectivity index (χ0) is 24.6. The van der Waals surface area contributed by atoms with E-state index in [9.17, 15) is 8.76 Å². The first-order valence-electron chi connectivity index (χ1n) is 11.9. The summed E-state index contributed by atoms with van der Waals surface area (Å²) >= 11 is -2.43. The molecule has 34 heavy (non-hydrogen) atoms. The molecule has 1 aliphatic rings. The molecule has 0 aliphatic heterocycles. The van der Waals surface area contributed by atoms with Gasteiger partial charge in [-0.15, -0.1) is 0 Å². The fourth-order valence-corrected chi connectivity index (χ4v) is 4.82. The summed E-state index contributed by atoms with van der Waals surface area (Å²) in [5.74, 6) is 2.23. The largest absolute Gasteiger partial charge is 0.750 e. The second-order valence-corrected chi connectivity index (χ2v) is 9.93. The van der Waals surface area contributed by atoms with Crippen molar-refractivity contribution in [1.82, 2.24) is 9.97 Å². The standard InChI is InChI=1S/C25H36N4O4S/c1-4-32-25(2,3)21-7-5-6-20(15-21)22(26)16-24-28-13-11-23(29-24)27-12-10-18-8-9-19(14-18)17-33-34(30)31/h5-7,11,13,15,18-19,26H,4,8-10,12,14,16-17H2,1-3H3,(H,30,31)(H,27,28,29)/p-1. The van der Waals surface area contributed by atoms with Gasteiger partial charge in [0.1, 0.15) is 11.6 Å². The van der Waals surface area contributed by atoms with Crippen LogP contribution in [-0.4, -0.2) is 44.2 Å². The van der Waals surface area contributed by atoms with Crippen LogP contribution in [0.15, 0.2) is 36.5 Å². The zero-order valence-electron chi connectivity index (χ0n) is 20.2. The Labute approximate surface area is 204 Å². The molecule has 1 aromatic heterocycles. The van der Waals surface area contributed by atoms with Crippen molar-refractivity contribution < 1.29 is 17.7 Å². The number of rotatable bonds is 13. The molecule has 1 aliphatic carbocycles. The van der Waals surface area contributed by atoms with Crippen molar-refractivity contribution in [2.45, 2.75) is 58.5 Å². The molecule has 0 spiro atoms. The molecule has 2 aromatic rings. The van der Waals surface area contributed by atoms with Crippen LogP contribution in [0.4, 0.5) is 5.82 Å². The van der Waals surface area contributed by atoms with Crippen LogP contribution in [0.5, 0.6) is 0 Å². The Morgan fingerprint density at radius 3 is 2.85 bits per heavy atom. The van der Waals surface area contributed by atoms with Crippen molar-refractivity contribution in [3.8, 4) is 0 Å². The Hall–Kier alpha value is -2.20. The number of nitrogens with one attached hydrogen (secondary N) is 2. The van der Waals surface area contributed by atoms with Gasteiger partial charge in [0.2, 0.25) is 0 Å². The van der Waals surface area contributed by atoms with Crippen molar-refractivity contribution in [3.05, 3.63) is 53.5 Å². The van der Waals surface area contributed by atoms with Crippen LogP contribution in [0.1, 0.15) is 63.4 Å². The molecule has 9 heteroatoms. The Bertz CT molecular complexity index is 985. The van der Waals surface area contributed by atoms with Crippen LogP contribution in [0, 0.1) is 17.2 Å². The molecule has 186 valence electrons. The fraction of sp³-hybridized carbons (Fsp3) is 0.560. The molecule has 1 saturated carbocycles. The smallest absolute Gasteiger partial charge is 0.136 e. The quantitative estimate of drug-likeness (QED) is 0.317. The Balaban J connectivity index is 1.50. The van der Waals surface area contributed by atoms with Gasteiger partial charge in [-0.3, -0.25) is 0 Å². The van der Waals surface area contributed by atoms with Crippen molar-refractivity contribution in [1.29, 1.82) is 5.41 Å². The molecule has 0 bridgehead atoms. The summed E-state index contributed by atoms with van der Waals surface area (Å²) in [6.45, 7) is 7.74. The molecule has 8 nitrogen and oxygen atoms in total. The summed E-state index contributed by atoms with van der Waals surface area (Å²) in [5, 5.41) is 11.9. The monoisotopic (exact) mass is 487 g/mol. The van der Waals surface area contributed by atoms with Gasteiger partial charge in [-0.25, -0.2) is 14.2 Å². The van der Waals surface area contributed by atoms with Crippen molar-refractivity contribution in [2.75, 3.05) is 25.1 Å². The Morgan fingerprint density at radius 2 is 2.09 bits per heavy atom. The minimum atomic E-state index is -2.43. The van der Waals surface area contributed by atoms with Crippen LogP contribution in [0.25, 0.3) is 0 Å². The van der Waals surface area contributed by atoms with E-state index >= 15 is 0 Å². The van der Waals surface area contributed by atoms with Crippen LogP contribution in [0.3, 0.4) is 0 Å². The van der Waals surface area contributed by atoms with Gasteiger partial charge >= 0.3 is 0 Å². The van der Waals surface area contributed by atoms with Crippen LogP contribution in [0.2, 0.25) is 0 Å². The van der Waals surface area contributed by atoms with E-state index in [1.54, 1.807) is 6.20 Å². The summed E-state index contributed by atoms with van der Waals surface area (Å²) in [6.07, 6.45) is 6.15. The predicted octanol–water partition coefficient (Wildman–Crippen LogP) is 4.39. The van der Waals surface area contributed by atoms with Gasteiger partial charge in [0.05, 0.1) is 23.6 Å². The maximum atomic E-state index is 10.6. The number of nitrogens with zero attached hydrogens (tertiary/aromatic N) is 2. The maximum absolute atomic E-state index is 10.6. The lowest BCUT2D eigenvalue weighted by Crippen LogP contribution is -2.22. The Kier molecular flexibility index (Phi) is 9.70. The predicted molar refractivity (Wildman–Crippen MR) is 132 cm³/mol. The van der Waals surface area contributed by atoms with E-state index in [0.717, 1.165) is 49.2 Å². The van der Waals surface area contributed by atoms with Crippen LogP contribution >= 0.6 is 0 Å². The number of hydrogen-bond acceptors (Lipinski definition) is 8. The van der Waals surface area contributed by atoms with Crippen molar-refractivity contribution >= 4 is 22.9 Å². The minimum absolute atomic E-state index is 0.285. The third kappa shape index (κ3) is 7.94. The molecule has 3 unspecified atom stereocenters. The third-order valence-corrected chi connectivity index (χ3v) is 6.69. The average Bonchev–Trinajstić information content (AvgIpc) is 3.26. The van der Waals surface area contributed by atoms with Crippen molar-refractivity contribution in [3.63, 3.8) is 0 Å². The molecule has 2 N–H and O–H groups in total. The molecule has 1 aromatic carbocycles. The third-order valence-electron chi connectivity index (χ3n) is 6.36. The van der Waals surface area contributed by atoms with E-state index in [4.69, 9.17) is 14.3 Å². The van der Waals surface area contributed by atoms with E-state index in [0.29, 0.717) is 36.4 Å². The number of aromatic nitrogens is 2. The topological polar surface area (TPSA) is 120 Å². The summed E-state index contributed by atoms with van der Waals surface area (Å²) < 4.78 is 31.7. The van der Waals surface area contributed by atoms with Gasteiger partial charge in [0.25, 0.3) is 0 Å². The first-order chi connectivity index (χ1) is 16.3. The van der Waals surface area contributed by atoms with Gasteiger partial charge < -0.3 is 24.2 Å². The average molecular weight is 488 g/mol. The van der Waals surface area contributed by atoms with E-state index in [2.05, 4.69) is 15.3 Å². The number of ether oxygens (including phenoxy) is 1. The lowest BCUT2D eigenvalue weighted by atomic mass is 9.94. The molecule has 0 radical (unpaired) electrons. The zero-order valence-corrected chi connectivity index (χ0v) is 21.0. The molecule has 3 rings (SSSR count). The second kappa shape index (κ2) is 12.5. The van der Waals surface area contributed by atoms with Crippen molar-refractivity contribution in [2.24, 2.45) is 11.8 Å². The SMILES string of the molecule is CCOC(C)(C)c1cccc(C(=N)Cc2nccc(NCCC3CCC(COS(=O)[O-])C3)n2)c1. The summed E-state index contributed by atoms with van der Waals surface area (Å²) in [6, 6.07) is 9.77. The highest BCUT2D eigenvalue weighted by molar-refractivity contribution is 7.74. The molecule has 1 heterocycles. The van der Waals surface area contributed by atoms with Gasteiger partial charge in [0, 0.05) is 31.5 Å². The summed E-state index contributed by atoms with van der Waals surface area (Å²) in [4.78, 5) is 8.95. The normalized spacial score (nSPS) is 19.2. The van der Waals surface area contributed by atoms with Crippen LogP contribution in [-0.2, 0) is 32.3 Å². The molecular weight excluding hydrogens is 452 g/mol. The molecule has 0 amide bonds. The van der Waals surface area contributed by atoms with Gasteiger partial charge in [-0.05, 0) is 75.1 Å². The van der Waals surface area contributed by atoms with Gasteiger partial charge in [0.15, 0.2) is 0 Å². The van der Waals surface area contributed by atoms with Crippen LogP contribution < -0.4 is 5.32 Å². The Morgan fingerprint density at radius 1 is 1.29 bits per heavy atom. The highest BCUT2D eigenvalue weighted by Gasteiger charge is 2.25. The fourth-order valence-electron chi connectivity index (χ4n) is 4.52. The number of anilines is 1. The molecule has 3 atom stereocenters. The lowest BCUT2D eigenvalue weighted by Gasteiger charge is -2.25. The highest BCUT2D eigenvalue weighted by Crippen LogP contribution is 2.33. The summed E-state index contributed by atoms with van der Waals surface area (Å²) in [7, 11) is 0. The summed E-state index contributed by atoms with van der Waals surface area (Å²) in [5.41, 5.74) is 1.93. The second-order valence-electron chi connectivity index (χ2n) is 9.29. The lowest BCUT2D eigenvalue weighted by molar-refractivity contribution is -0.0140. The molecule has 1 fully saturated rings. The molecular formula is C25H35N4O4S-. The van der Waals surface area contributed by atoms with E-state index in [1.807, 2.05) is 51.1 Å². The minimum Gasteiger partial charge on any atom is -0.750 e. The number of hydrogen-bond donors (Lipinski definition) is 2. The first-order valence-corrected chi connectivity index (χ1v) is 12.9. The van der Waals surface area contributed by atoms with Gasteiger partial charge in [-0.1, -0.05) is 24.6 Å². The van der Waals surface area contributed by atoms with Gasteiger partial charge in [-0.2, -0.15) is 0 Å². The number of benzene rings is 1. The first kappa shape index (κ1) is 26.4. The highest BCUT2D eigenvalue weighted by atomic mass is 32.2. The van der Waals surface area contributed by atoms with E-state index in [1.165, 1.54) is 0 Å².